The summed E-state index contributed by atoms with van der Waals surface area (Å²) >= 11 is 0. The maximum Gasteiger partial charge on any atom is 0.251 e. The number of amides is 2. The van der Waals surface area contributed by atoms with E-state index in [-0.39, 0.29) is 24.0 Å². The number of hydrogen-bond donors (Lipinski definition) is 1. The fraction of sp³-hybridized carbons (Fsp3) is 0.474. The fourth-order valence-electron chi connectivity index (χ4n) is 2.64. The SMILES string of the molecule is C=CC(=O)N1CCC(Oc2cccc(C(=O)NC(C)CC)c2)CC1. The van der Waals surface area contributed by atoms with Gasteiger partial charge in [-0.05, 0) is 37.6 Å². The number of nitrogens with one attached hydrogen (secondary N) is 1. The van der Waals surface area contributed by atoms with Gasteiger partial charge in [-0.2, -0.15) is 0 Å². The van der Waals surface area contributed by atoms with Gasteiger partial charge in [-0.3, -0.25) is 9.59 Å². The summed E-state index contributed by atoms with van der Waals surface area (Å²) in [6.07, 6.45) is 3.86. The van der Waals surface area contributed by atoms with Gasteiger partial charge in [-0.15, -0.1) is 0 Å². The number of likely N-dealkylation sites (tertiary alicyclic amines) is 1. The zero-order valence-corrected chi connectivity index (χ0v) is 14.5. The van der Waals surface area contributed by atoms with Crippen molar-refractivity contribution in [2.45, 2.75) is 45.3 Å². The summed E-state index contributed by atoms with van der Waals surface area (Å²) in [5.41, 5.74) is 0.604. The molecule has 1 saturated heterocycles. The molecule has 0 radical (unpaired) electrons. The first kappa shape index (κ1) is 18.0. The molecule has 1 atom stereocenters. The highest BCUT2D eigenvalue weighted by atomic mass is 16.5. The Bertz CT molecular complexity index is 592. The summed E-state index contributed by atoms with van der Waals surface area (Å²) in [5.74, 6) is 0.582. The van der Waals surface area contributed by atoms with Crippen molar-refractivity contribution in [3.63, 3.8) is 0 Å². The second kappa shape index (κ2) is 8.52. The molecule has 1 aliphatic heterocycles. The Labute approximate surface area is 143 Å². The highest BCUT2D eigenvalue weighted by molar-refractivity contribution is 5.94. The molecular weight excluding hydrogens is 304 g/mol. The summed E-state index contributed by atoms with van der Waals surface area (Å²) < 4.78 is 6.00. The minimum absolute atomic E-state index is 0.0304. The highest BCUT2D eigenvalue weighted by Gasteiger charge is 2.22. The lowest BCUT2D eigenvalue weighted by molar-refractivity contribution is -0.127. The van der Waals surface area contributed by atoms with Crippen LogP contribution in [0.2, 0.25) is 0 Å². The Morgan fingerprint density at radius 1 is 1.42 bits per heavy atom. The van der Waals surface area contributed by atoms with Gasteiger partial charge < -0.3 is 15.0 Å². The summed E-state index contributed by atoms with van der Waals surface area (Å²) in [7, 11) is 0. The number of nitrogens with zero attached hydrogens (tertiary/aromatic N) is 1. The Balaban J connectivity index is 1.92. The molecule has 0 spiro atoms. The number of hydrogen-bond acceptors (Lipinski definition) is 3. The minimum atomic E-state index is -0.0822. The van der Waals surface area contributed by atoms with Crippen molar-refractivity contribution in [1.82, 2.24) is 10.2 Å². The van der Waals surface area contributed by atoms with Crippen molar-refractivity contribution in [1.29, 1.82) is 0 Å². The van der Waals surface area contributed by atoms with Crippen LogP contribution in [0.5, 0.6) is 5.75 Å². The number of benzene rings is 1. The van der Waals surface area contributed by atoms with Gasteiger partial charge in [0.25, 0.3) is 5.91 Å². The molecular formula is C19H26N2O3. The van der Waals surface area contributed by atoms with Crippen LogP contribution in [0.15, 0.2) is 36.9 Å². The van der Waals surface area contributed by atoms with E-state index in [1.54, 1.807) is 17.0 Å². The molecule has 1 unspecified atom stereocenters. The summed E-state index contributed by atoms with van der Waals surface area (Å²) in [6.45, 7) is 8.87. The molecule has 1 heterocycles. The number of rotatable bonds is 6. The van der Waals surface area contributed by atoms with Crippen LogP contribution in [-0.4, -0.2) is 41.9 Å². The van der Waals surface area contributed by atoms with Crippen LogP contribution in [0.3, 0.4) is 0 Å². The average Bonchev–Trinajstić information content (AvgIpc) is 2.61. The van der Waals surface area contributed by atoms with Crippen molar-refractivity contribution < 1.29 is 14.3 Å². The third kappa shape index (κ3) is 4.85. The van der Waals surface area contributed by atoms with Crippen molar-refractivity contribution in [3.05, 3.63) is 42.5 Å². The van der Waals surface area contributed by atoms with E-state index >= 15 is 0 Å². The van der Waals surface area contributed by atoms with E-state index in [0.717, 1.165) is 19.3 Å². The van der Waals surface area contributed by atoms with Gasteiger partial charge in [0.15, 0.2) is 0 Å². The predicted octanol–water partition coefficient (Wildman–Crippen LogP) is 2.77. The van der Waals surface area contributed by atoms with E-state index in [1.165, 1.54) is 6.08 Å². The van der Waals surface area contributed by atoms with E-state index in [4.69, 9.17) is 4.74 Å². The monoisotopic (exact) mass is 330 g/mol. The number of ether oxygens (including phenoxy) is 1. The van der Waals surface area contributed by atoms with E-state index < -0.39 is 0 Å². The lowest BCUT2D eigenvalue weighted by Crippen LogP contribution is -2.41. The number of piperidine rings is 1. The van der Waals surface area contributed by atoms with Crippen LogP contribution in [0.1, 0.15) is 43.5 Å². The van der Waals surface area contributed by atoms with Crippen molar-refractivity contribution in [2.24, 2.45) is 0 Å². The Kier molecular flexibility index (Phi) is 6.41. The fourth-order valence-corrected chi connectivity index (χ4v) is 2.64. The third-order valence-electron chi connectivity index (χ3n) is 4.32. The molecule has 1 aromatic rings. The third-order valence-corrected chi connectivity index (χ3v) is 4.32. The molecule has 5 nitrogen and oxygen atoms in total. The molecule has 5 heteroatoms. The largest absolute Gasteiger partial charge is 0.490 e. The molecule has 0 bridgehead atoms. The maximum atomic E-state index is 12.2. The smallest absolute Gasteiger partial charge is 0.251 e. The first-order valence-electron chi connectivity index (χ1n) is 8.52. The Hall–Kier alpha value is -2.30. The molecule has 0 aromatic heterocycles. The van der Waals surface area contributed by atoms with Crippen LogP contribution >= 0.6 is 0 Å². The second-order valence-electron chi connectivity index (χ2n) is 6.16. The van der Waals surface area contributed by atoms with Gasteiger partial charge in [0, 0.05) is 37.5 Å². The first-order valence-corrected chi connectivity index (χ1v) is 8.52. The van der Waals surface area contributed by atoms with E-state index in [2.05, 4.69) is 11.9 Å². The van der Waals surface area contributed by atoms with Crippen LogP contribution in [0.25, 0.3) is 0 Å². The quantitative estimate of drug-likeness (QED) is 0.816. The number of carbonyl (C=O) groups excluding carboxylic acids is 2. The molecule has 1 fully saturated rings. The number of carbonyl (C=O) groups is 2. The van der Waals surface area contributed by atoms with Crippen molar-refractivity contribution >= 4 is 11.8 Å². The normalized spacial score (nSPS) is 16.3. The van der Waals surface area contributed by atoms with Gasteiger partial charge in [0.05, 0.1) is 0 Å². The Morgan fingerprint density at radius 3 is 2.75 bits per heavy atom. The lowest BCUT2D eigenvalue weighted by atomic mass is 10.1. The lowest BCUT2D eigenvalue weighted by Gasteiger charge is -2.31. The summed E-state index contributed by atoms with van der Waals surface area (Å²) in [6, 6.07) is 7.40. The molecule has 24 heavy (non-hydrogen) atoms. The zero-order valence-electron chi connectivity index (χ0n) is 14.5. The van der Waals surface area contributed by atoms with Crippen LogP contribution in [0, 0.1) is 0 Å². The first-order chi connectivity index (χ1) is 11.5. The predicted molar refractivity (Wildman–Crippen MR) is 94.1 cm³/mol. The molecule has 0 saturated carbocycles. The second-order valence-corrected chi connectivity index (χ2v) is 6.16. The molecule has 1 aliphatic rings. The van der Waals surface area contributed by atoms with Gasteiger partial charge in [0.1, 0.15) is 11.9 Å². The standard InChI is InChI=1S/C19H26N2O3/c1-4-14(3)20-19(23)15-7-6-8-17(13-15)24-16-9-11-21(12-10-16)18(22)5-2/h5-8,13-14,16H,2,4,9-12H2,1,3H3,(H,20,23). The van der Waals surface area contributed by atoms with E-state index in [9.17, 15) is 9.59 Å². The van der Waals surface area contributed by atoms with Crippen LogP contribution < -0.4 is 10.1 Å². The zero-order chi connectivity index (χ0) is 17.5. The molecule has 130 valence electrons. The summed E-state index contributed by atoms with van der Waals surface area (Å²) in [5, 5.41) is 2.95. The van der Waals surface area contributed by atoms with Gasteiger partial charge in [0.2, 0.25) is 5.91 Å². The topological polar surface area (TPSA) is 58.6 Å². The van der Waals surface area contributed by atoms with E-state index in [1.807, 2.05) is 26.0 Å². The molecule has 1 N–H and O–H groups in total. The maximum absolute atomic E-state index is 12.2. The average molecular weight is 330 g/mol. The summed E-state index contributed by atoms with van der Waals surface area (Å²) in [4.78, 5) is 25.6. The molecule has 1 aromatic carbocycles. The van der Waals surface area contributed by atoms with Gasteiger partial charge >= 0.3 is 0 Å². The van der Waals surface area contributed by atoms with Crippen LogP contribution in [-0.2, 0) is 4.79 Å². The molecule has 0 aliphatic carbocycles. The highest BCUT2D eigenvalue weighted by Crippen LogP contribution is 2.20. The molecule has 2 rings (SSSR count). The van der Waals surface area contributed by atoms with E-state index in [0.29, 0.717) is 24.4 Å². The van der Waals surface area contributed by atoms with Crippen molar-refractivity contribution in [3.8, 4) is 5.75 Å². The minimum Gasteiger partial charge on any atom is -0.490 e. The molecule has 2 amide bonds. The Morgan fingerprint density at radius 2 is 2.12 bits per heavy atom. The van der Waals surface area contributed by atoms with Crippen LogP contribution in [0.4, 0.5) is 0 Å². The van der Waals surface area contributed by atoms with Gasteiger partial charge in [-0.25, -0.2) is 0 Å². The van der Waals surface area contributed by atoms with Gasteiger partial charge in [-0.1, -0.05) is 19.6 Å². The van der Waals surface area contributed by atoms with Crippen molar-refractivity contribution in [2.75, 3.05) is 13.1 Å².